The first-order valence-electron chi connectivity index (χ1n) is 5.46. The van der Waals surface area contributed by atoms with E-state index >= 15 is 0 Å². The summed E-state index contributed by atoms with van der Waals surface area (Å²) in [5.41, 5.74) is 6.72. The van der Waals surface area contributed by atoms with Crippen LogP contribution in [0.25, 0.3) is 0 Å². The highest BCUT2D eigenvalue weighted by Crippen LogP contribution is 2.21. The normalized spacial score (nSPS) is 10.3. The molecule has 3 N–H and O–H groups in total. The smallest absolute Gasteiger partial charge is 0.258 e. The van der Waals surface area contributed by atoms with Gasteiger partial charge in [-0.3, -0.25) is 4.79 Å². The summed E-state index contributed by atoms with van der Waals surface area (Å²) < 4.78 is 13.6. The average Bonchev–Trinajstić information content (AvgIpc) is 2.37. The maximum atomic E-state index is 13.6. The number of nitrogens with two attached hydrogens (primary N) is 1. The molecule has 0 aliphatic heterocycles. The predicted molar refractivity (Wildman–Crippen MR) is 72.7 cm³/mol. The lowest BCUT2D eigenvalue weighted by Gasteiger charge is -2.10. The standard InChI is InChI=1S/C13H11ClFN3O/c1-7-3-2-4-9(15)12(7)18-13(19)8-5-11(14)17-6-10(8)16/h2-6H,16H2,1H3,(H,18,19). The molecule has 0 bridgehead atoms. The van der Waals surface area contributed by atoms with E-state index in [-0.39, 0.29) is 22.1 Å². The molecule has 1 amide bonds. The fraction of sp³-hybridized carbons (Fsp3) is 0.0769. The highest BCUT2D eigenvalue weighted by molar-refractivity contribution is 6.30. The first-order valence-corrected chi connectivity index (χ1v) is 5.84. The van der Waals surface area contributed by atoms with Crippen LogP contribution in [-0.2, 0) is 0 Å². The number of carbonyl (C=O) groups is 1. The molecule has 0 fully saturated rings. The topological polar surface area (TPSA) is 68.0 Å². The number of pyridine rings is 1. The number of benzene rings is 1. The number of aryl methyl sites for hydroxylation is 1. The van der Waals surface area contributed by atoms with Gasteiger partial charge in [0.25, 0.3) is 5.91 Å². The number of hydrogen-bond donors (Lipinski definition) is 2. The Morgan fingerprint density at radius 2 is 2.21 bits per heavy atom. The molecule has 98 valence electrons. The van der Waals surface area contributed by atoms with Crippen LogP contribution >= 0.6 is 11.6 Å². The number of anilines is 2. The number of nitrogens with one attached hydrogen (secondary N) is 1. The summed E-state index contributed by atoms with van der Waals surface area (Å²) in [6, 6.07) is 5.87. The number of nitrogens with zero attached hydrogens (tertiary/aromatic N) is 1. The van der Waals surface area contributed by atoms with E-state index in [4.69, 9.17) is 17.3 Å². The van der Waals surface area contributed by atoms with Crippen molar-refractivity contribution < 1.29 is 9.18 Å². The van der Waals surface area contributed by atoms with Crippen molar-refractivity contribution in [1.82, 2.24) is 4.98 Å². The van der Waals surface area contributed by atoms with Gasteiger partial charge in [0.1, 0.15) is 11.0 Å². The number of carbonyl (C=O) groups excluding carboxylic acids is 1. The Kier molecular flexibility index (Phi) is 3.66. The molecular weight excluding hydrogens is 269 g/mol. The number of nitrogen functional groups attached to an aromatic ring is 1. The molecular formula is C13H11ClFN3O. The summed E-state index contributed by atoms with van der Waals surface area (Å²) in [4.78, 5) is 15.8. The van der Waals surface area contributed by atoms with E-state index in [1.165, 1.54) is 18.3 Å². The molecule has 1 heterocycles. The molecule has 2 rings (SSSR count). The maximum absolute atomic E-state index is 13.6. The van der Waals surface area contributed by atoms with Gasteiger partial charge in [0.05, 0.1) is 23.1 Å². The van der Waals surface area contributed by atoms with Gasteiger partial charge in [-0.2, -0.15) is 0 Å². The second-order valence-electron chi connectivity index (χ2n) is 3.98. The average molecular weight is 280 g/mol. The summed E-state index contributed by atoms with van der Waals surface area (Å²) >= 11 is 5.71. The fourth-order valence-corrected chi connectivity index (χ4v) is 1.77. The van der Waals surface area contributed by atoms with Crippen molar-refractivity contribution >= 4 is 28.9 Å². The molecule has 6 heteroatoms. The van der Waals surface area contributed by atoms with Crippen LogP contribution in [0.5, 0.6) is 0 Å². The molecule has 0 aliphatic rings. The summed E-state index contributed by atoms with van der Waals surface area (Å²) in [7, 11) is 0. The number of rotatable bonds is 2. The lowest BCUT2D eigenvalue weighted by atomic mass is 10.1. The fourth-order valence-electron chi connectivity index (χ4n) is 1.61. The maximum Gasteiger partial charge on any atom is 0.258 e. The van der Waals surface area contributed by atoms with Gasteiger partial charge in [-0.15, -0.1) is 0 Å². The van der Waals surface area contributed by atoms with Gasteiger partial charge >= 0.3 is 0 Å². The minimum Gasteiger partial charge on any atom is -0.397 e. The van der Waals surface area contributed by atoms with Gasteiger partial charge in [0.2, 0.25) is 0 Å². The van der Waals surface area contributed by atoms with E-state index in [2.05, 4.69) is 10.3 Å². The van der Waals surface area contributed by atoms with Gasteiger partial charge in [-0.05, 0) is 24.6 Å². The van der Waals surface area contributed by atoms with Crippen molar-refractivity contribution in [3.63, 3.8) is 0 Å². The molecule has 1 aromatic carbocycles. The third-order valence-electron chi connectivity index (χ3n) is 2.61. The van der Waals surface area contributed by atoms with Crippen LogP contribution < -0.4 is 11.1 Å². The molecule has 0 spiro atoms. The van der Waals surface area contributed by atoms with Crippen molar-refractivity contribution in [1.29, 1.82) is 0 Å². The summed E-state index contributed by atoms with van der Waals surface area (Å²) in [5, 5.41) is 2.63. The van der Waals surface area contributed by atoms with E-state index in [0.717, 1.165) is 0 Å². The molecule has 4 nitrogen and oxygen atoms in total. The van der Waals surface area contributed by atoms with E-state index in [1.54, 1.807) is 19.1 Å². The van der Waals surface area contributed by atoms with Crippen LogP contribution in [0.15, 0.2) is 30.5 Å². The molecule has 0 unspecified atom stereocenters. The van der Waals surface area contributed by atoms with Gasteiger partial charge in [0.15, 0.2) is 0 Å². The van der Waals surface area contributed by atoms with E-state index < -0.39 is 11.7 Å². The molecule has 0 radical (unpaired) electrons. The zero-order valence-corrected chi connectivity index (χ0v) is 10.8. The van der Waals surface area contributed by atoms with Crippen molar-refractivity contribution in [2.45, 2.75) is 6.92 Å². The Morgan fingerprint density at radius 1 is 1.47 bits per heavy atom. The number of hydrogen-bond acceptors (Lipinski definition) is 3. The highest BCUT2D eigenvalue weighted by atomic mass is 35.5. The van der Waals surface area contributed by atoms with E-state index in [0.29, 0.717) is 5.56 Å². The van der Waals surface area contributed by atoms with Crippen molar-refractivity contribution in [2.24, 2.45) is 0 Å². The first kappa shape index (κ1) is 13.3. The largest absolute Gasteiger partial charge is 0.397 e. The Hall–Kier alpha value is -2.14. The van der Waals surface area contributed by atoms with Gasteiger partial charge in [-0.1, -0.05) is 23.7 Å². The quantitative estimate of drug-likeness (QED) is 0.830. The third kappa shape index (κ3) is 2.82. The van der Waals surface area contributed by atoms with Crippen molar-refractivity contribution in [2.75, 3.05) is 11.1 Å². The van der Waals surface area contributed by atoms with Crippen LogP contribution in [0.4, 0.5) is 15.8 Å². The highest BCUT2D eigenvalue weighted by Gasteiger charge is 2.14. The van der Waals surface area contributed by atoms with Crippen LogP contribution in [0.1, 0.15) is 15.9 Å². The Balaban J connectivity index is 2.34. The summed E-state index contributed by atoms with van der Waals surface area (Å²) in [5.74, 6) is -1.04. The number of amides is 1. The molecule has 0 atom stereocenters. The first-order chi connectivity index (χ1) is 8.99. The van der Waals surface area contributed by atoms with Crippen LogP contribution in [0.2, 0.25) is 5.15 Å². The van der Waals surface area contributed by atoms with Crippen molar-refractivity contribution in [3.8, 4) is 0 Å². The van der Waals surface area contributed by atoms with Gasteiger partial charge in [-0.25, -0.2) is 9.37 Å². The summed E-state index contributed by atoms with van der Waals surface area (Å²) in [6.07, 6.45) is 1.28. The van der Waals surface area contributed by atoms with Crippen LogP contribution in [0.3, 0.4) is 0 Å². The van der Waals surface area contributed by atoms with Crippen LogP contribution in [0, 0.1) is 12.7 Å². The van der Waals surface area contributed by atoms with Crippen molar-refractivity contribution in [3.05, 3.63) is 52.6 Å². The Bertz CT molecular complexity index is 626. The summed E-state index contributed by atoms with van der Waals surface area (Å²) in [6.45, 7) is 1.70. The minimum atomic E-state index is -0.532. The molecule has 0 saturated carbocycles. The number of para-hydroxylation sites is 1. The number of halogens is 2. The van der Waals surface area contributed by atoms with E-state index in [1.807, 2.05) is 0 Å². The Morgan fingerprint density at radius 3 is 2.89 bits per heavy atom. The monoisotopic (exact) mass is 279 g/mol. The molecule has 19 heavy (non-hydrogen) atoms. The molecule has 0 aliphatic carbocycles. The van der Waals surface area contributed by atoms with Gasteiger partial charge in [0, 0.05) is 0 Å². The lowest BCUT2D eigenvalue weighted by molar-refractivity contribution is 0.102. The zero-order chi connectivity index (χ0) is 14.0. The van der Waals surface area contributed by atoms with E-state index in [9.17, 15) is 9.18 Å². The second-order valence-corrected chi connectivity index (χ2v) is 4.37. The van der Waals surface area contributed by atoms with Gasteiger partial charge < -0.3 is 11.1 Å². The molecule has 1 aromatic heterocycles. The third-order valence-corrected chi connectivity index (χ3v) is 2.81. The molecule has 0 saturated heterocycles. The Labute approximate surface area is 114 Å². The SMILES string of the molecule is Cc1cccc(F)c1NC(=O)c1cc(Cl)ncc1N. The lowest BCUT2D eigenvalue weighted by Crippen LogP contribution is -2.16. The zero-order valence-electron chi connectivity index (χ0n) is 10.1. The predicted octanol–water partition coefficient (Wildman–Crippen LogP) is 3.02. The minimum absolute atomic E-state index is 0.125. The second kappa shape index (κ2) is 5.24. The molecule has 2 aromatic rings. The van der Waals surface area contributed by atoms with Crippen LogP contribution in [-0.4, -0.2) is 10.9 Å². The number of aromatic nitrogens is 1.